The van der Waals surface area contributed by atoms with Crippen molar-refractivity contribution >= 4 is 16.7 Å². The van der Waals surface area contributed by atoms with Gasteiger partial charge >= 0.3 is 0 Å². The van der Waals surface area contributed by atoms with Crippen molar-refractivity contribution in [2.24, 2.45) is 0 Å². The minimum atomic E-state index is -0.315. The molecular formula is C17H18FN5O. The van der Waals surface area contributed by atoms with Gasteiger partial charge in [0.2, 0.25) is 5.89 Å². The molecule has 0 N–H and O–H groups in total. The van der Waals surface area contributed by atoms with Gasteiger partial charge in [0.05, 0.1) is 16.9 Å². The van der Waals surface area contributed by atoms with Crippen molar-refractivity contribution in [1.29, 1.82) is 0 Å². The van der Waals surface area contributed by atoms with Gasteiger partial charge in [-0.15, -0.1) is 0 Å². The Morgan fingerprint density at radius 3 is 2.96 bits per heavy atom. The molecular weight excluding hydrogens is 309 g/mol. The first-order valence-electron chi connectivity index (χ1n) is 8.14. The van der Waals surface area contributed by atoms with E-state index < -0.39 is 0 Å². The van der Waals surface area contributed by atoms with Crippen LogP contribution in [0, 0.1) is 5.82 Å². The lowest BCUT2D eigenvalue weighted by molar-refractivity contribution is 0.358. The molecule has 1 atom stereocenters. The Kier molecular flexibility index (Phi) is 3.63. The third-order valence-corrected chi connectivity index (χ3v) is 4.37. The molecule has 0 spiro atoms. The molecule has 3 aromatic rings. The van der Waals surface area contributed by atoms with E-state index in [4.69, 9.17) is 4.52 Å². The summed E-state index contributed by atoms with van der Waals surface area (Å²) in [6, 6.07) is 4.83. The van der Waals surface area contributed by atoms with Crippen LogP contribution in [0.15, 0.2) is 29.0 Å². The van der Waals surface area contributed by atoms with Crippen LogP contribution in [0.1, 0.15) is 50.4 Å². The third-order valence-electron chi connectivity index (χ3n) is 4.37. The lowest BCUT2D eigenvalue weighted by atomic mass is 10.1. The Balaban J connectivity index is 1.78. The number of aromatic nitrogens is 4. The number of benzene rings is 1. The SMILES string of the molecule is CC(C)c1nc([C@@H]2CCCN2c2ncnc3cccc(F)c23)no1. The summed E-state index contributed by atoms with van der Waals surface area (Å²) in [4.78, 5) is 15.1. The molecule has 6 nitrogen and oxygen atoms in total. The first-order chi connectivity index (χ1) is 11.6. The van der Waals surface area contributed by atoms with Crippen molar-refractivity contribution in [3.05, 3.63) is 42.1 Å². The summed E-state index contributed by atoms with van der Waals surface area (Å²) in [5.41, 5.74) is 0.599. The fraction of sp³-hybridized carbons (Fsp3) is 0.412. The van der Waals surface area contributed by atoms with Gasteiger partial charge in [0.15, 0.2) is 5.82 Å². The second kappa shape index (κ2) is 5.81. The number of fused-ring (bicyclic) bond motifs is 1. The van der Waals surface area contributed by atoms with Gasteiger partial charge in [-0.25, -0.2) is 14.4 Å². The van der Waals surface area contributed by atoms with E-state index in [-0.39, 0.29) is 17.8 Å². The maximum Gasteiger partial charge on any atom is 0.229 e. The number of hydrogen-bond acceptors (Lipinski definition) is 6. The van der Waals surface area contributed by atoms with Crippen molar-refractivity contribution in [3.63, 3.8) is 0 Å². The van der Waals surface area contributed by atoms with Crippen LogP contribution in [0.2, 0.25) is 0 Å². The van der Waals surface area contributed by atoms with Gasteiger partial charge in [-0.05, 0) is 25.0 Å². The molecule has 1 aromatic carbocycles. The van der Waals surface area contributed by atoms with E-state index in [2.05, 4.69) is 25.0 Å². The van der Waals surface area contributed by atoms with Gasteiger partial charge in [-0.2, -0.15) is 4.98 Å². The molecule has 1 fully saturated rings. The summed E-state index contributed by atoms with van der Waals surface area (Å²) in [6.45, 7) is 4.80. The predicted octanol–water partition coefficient (Wildman–Crippen LogP) is 3.62. The smallest absolute Gasteiger partial charge is 0.229 e. The van der Waals surface area contributed by atoms with Crippen LogP contribution in [0.5, 0.6) is 0 Å². The van der Waals surface area contributed by atoms with E-state index in [9.17, 15) is 4.39 Å². The summed E-state index contributed by atoms with van der Waals surface area (Å²) in [7, 11) is 0. The molecule has 2 aromatic heterocycles. The van der Waals surface area contributed by atoms with Gasteiger partial charge in [0, 0.05) is 12.5 Å². The van der Waals surface area contributed by atoms with Crippen molar-refractivity contribution in [3.8, 4) is 0 Å². The minimum Gasteiger partial charge on any atom is -0.346 e. The Labute approximate surface area is 138 Å². The zero-order valence-electron chi connectivity index (χ0n) is 13.6. The van der Waals surface area contributed by atoms with Crippen LogP contribution in [-0.2, 0) is 0 Å². The Bertz CT molecular complexity index is 873. The Hall–Kier alpha value is -2.57. The lowest BCUT2D eigenvalue weighted by Crippen LogP contribution is -2.25. The van der Waals surface area contributed by atoms with E-state index in [1.807, 2.05) is 13.8 Å². The quantitative estimate of drug-likeness (QED) is 0.732. The maximum absolute atomic E-state index is 14.4. The average Bonchev–Trinajstić information content (AvgIpc) is 3.23. The molecule has 124 valence electrons. The number of anilines is 1. The van der Waals surface area contributed by atoms with Gasteiger partial charge in [-0.3, -0.25) is 0 Å². The predicted molar refractivity (Wildman–Crippen MR) is 87.2 cm³/mol. The van der Waals surface area contributed by atoms with E-state index in [1.54, 1.807) is 12.1 Å². The van der Waals surface area contributed by atoms with Gasteiger partial charge in [-0.1, -0.05) is 25.1 Å². The zero-order chi connectivity index (χ0) is 16.7. The number of nitrogens with zero attached hydrogens (tertiary/aromatic N) is 5. The first kappa shape index (κ1) is 15.0. The Morgan fingerprint density at radius 2 is 2.17 bits per heavy atom. The molecule has 4 rings (SSSR count). The van der Waals surface area contributed by atoms with Gasteiger partial charge < -0.3 is 9.42 Å². The fourth-order valence-corrected chi connectivity index (χ4v) is 3.18. The molecule has 1 aliphatic rings. The summed E-state index contributed by atoms with van der Waals surface area (Å²) < 4.78 is 19.7. The highest BCUT2D eigenvalue weighted by Gasteiger charge is 2.32. The fourth-order valence-electron chi connectivity index (χ4n) is 3.18. The Morgan fingerprint density at radius 1 is 1.29 bits per heavy atom. The highest BCUT2D eigenvalue weighted by atomic mass is 19.1. The van der Waals surface area contributed by atoms with Crippen molar-refractivity contribution in [2.75, 3.05) is 11.4 Å². The first-order valence-corrected chi connectivity index (χ1v) is 8.14. The average molecular weight is 327 g/mol. The molecule has 0 unspecified atom stereocenters. The molecule has 0 aliphatic carbocycles. The second-order valence-electron chi connectivity index (χ2n) is 6.33. The molecule has 0 radical (unpaired) electrons. The van der Waals surface area contributed by atoms with Crippen LogP contribution >= 0.6 is 0 Å². The number of rotatable bonds is 3. The molecule has 1 aliphatic heterocycles. The lowest BCUT2D eigenvalue weighted by Gasteiger charge is -2.24. The summed E-state index contributed by atoms with van der Waals surface area (Å²) in [5.74, 6) is 1.72. The minimum absolute atomic E-state index is 0.0565. The highest BCUT2D eigenvalue weighted by molar-refractivity contribution is 5.90. The monoisotopic (exact) mass is 327 g/mol. The van der Waals surface area contributed by atoms with Gasteiger partial charge in [0.25, 0.3) is 0 Å². The molecule has 0 amide bonds. The number of halogens is 1. The second-order valence-corrected chi connectivity index (χ2v) is 6.33. The molecule has 0 bridgehead atoms. The van der Waals surface area contributed by atoms with E-state index in [0.29, 0.717) is 28.4 Å². The van der Waals surface area contributed by atoms with Crippen LogP contribution in [0.25, 0.3) is 10.9 Å². The molecule has 24 heavy (non-hydrogen) atoms. The van der Waals surface area contributed by atoms with Crippen molar-refractivity contribution in [1.82, 2.24) is 20.1 Å². The normalized spacial score (nSPS) is 18.0. The zero-order valence-corrected chi connectivity index (χ0v) is 13.6. The summed E-state index contributed by atoms with van der Waals surface area (Å²) in [5, 5.41) is 4.58. The maximum atomic E-state index is 14.4. The summed E-state index contributed by atoms with van der Waals surface area (Å²) in [6.07, 6.45) is 3.33. The molecule has 7 heteroatoms. The van der Waals surface area contributed by atoms with E-state index in [1.165, 1.54) is 12.4 Å². The molecule has 0 saturated carbocycles. The third kappa shape index (κ3) is 2.40. The molecule has 3 heterocycles. The van der Waals surface area contributed by atoms with E-state index >= 15 is 0 Å². The van der Waals surface area contributed by atoms with Crippen LogP contribution in [0.3, 0.4) is 0 Å². The standard InChI is InChI=1S/C17H18FN5O/c1-10(2)17-21-15(22-24-17)13-7-4-8-23(13)16-14-11(18)5-3-6-12(14)19-9-20-16/h3,5-6,9-10,13H,4,7-8H2,1-2H3/t13-/m0/s1. The topological polar surface area (TPSA) is 67.9 Å². The summed E-state index contributed by atoms with van der Waals surface area (Å²) >= 11 is 0. The largest absolute Gasteiger partial charge is 0.346 e. The van der Waals surface area contributed by atoms with Crippen LogP contribution < -0.4 is 4.90 Å². The van der Waals surface area contributed by atoms with Crippen LogP contribution in [0.4, 0.5) is 10.2 Å². The number of hydrogen-bond donors (Lipinski definition) is 0. The van der Waals surface area contributed by atoms with E-state index in [0.717, 1.165) is 19.4 Å². The highest BCUT2D eigenvalue weighted by Crippen LogP contribution is 2.37. The van der Waals surface area contributed by atoms with Crippen LogP contribution in [-0.4, -0.2) is 26.7 Å². The van der Waals surface area contributed by atoms with Crippen molar-refractivity contribution in [2.45, 2.75) is 38.6 Å². The van der Waals surface area contributed by atoms with Gasteiger partial charge in [0.1, 0.15) is 18.0 Å². The molecule has 1 saturated heterocycles. The van der Waals surface area contributed by atoms with Crippen molar-refractivity contribution < 1.29 is 8.91 Å².